The van der Waals surface area contributed by atoms with Crippen molar-refractivity contribution in [2.24, 2.45) is 0 Å². The van der Waals surface area contributed by atoms with Crippen molar-refractivity contribution in [3.8, 4) is 6.07 Å². The first kappa shape index (κ1) is 13.8. The van der Waals surface area contributed by atoms with Crippen LogP contribution >= 0.6 is 0 Å². The van der Waals surface area contributed by atoms with Crippen LogP contribution in [-0.2, 0) is 0 Å². The summed E-state index contributed by atoms with van der Waals surface area (Å²) in [6.45, 7) is 3.09. The van der Waals surface area contributed by atoms with Gasteiger partial charge in [-0.05, 0) is 46.1 Å². The average Bonchev–Trinajstić information content (AvgIpc) is 3.21. The number of nitrogens with zero attached hydrogens (tertiary/aromatic N) is 2. The Kier molecular flexibility index (Phi) is 4.64. The normalized spacial score (nSPS) is 24.8. The molecule has 2 fully saturated rings. The number of hydrogen-bond acceptors (Lipinski definition) is 3. The van der Waals surface area contributed by atoms with Crippen LogP contribution in [0.1, 0.15) is 58.3 Å². The lowest BCUT2D eigenvalue weighted by Crippen LogP contribution is -2.46. The van der Waals surface area contributed by atoms with Gasteiger partial charge in [0.2, 0.25) is 0 Å². The summed E-state index contributed by atoms with van der Waals surface area (Å²) in [7, 11) is 2.23. The van der Waals surface area contributed by atoms with Crippen molar-refractivity contribution in [2.45, 2.75) is 75.9 Å². The Hall–Kier alpha value is -0.590. The van der Waals surface area contributed by atoms with E-state index in [0.717, 1.165) is 19.0 Å². The summed E-state index contributed by atoms with van der Waals surface area (Å²) in [5.41, 5.74) is -0.329. The molecule has 1 atom stereocenters. The van der Waals surface area contributed by atoms with E-state index in [-0.39, 0.29) is 5.54 Å². The van der Waals surface area contributed by atoms with Crippen LogP contribution in [0.15, 0.2) is 0 Å². The second-order valence-corrected chi connectivity index (χ2v) is 6.38. The van der Waals surface area contributed by atoms with E-state index in [2.05, 4.69) is 30.3 Å². The summed E-state index contributed by atoms with van der Waals surface area (Å²) in [5, 5.41) is 12.8. The van der Waals surface area contributed by atoms with Gasteiger partial charge in [0.15, 0.2) is 0 Å². The molecule has 1 unspecified atom stereocenters. The maximum atomic E-state index is 9.35. The fourth-order valence-corrected chi connectivity index (χ4v) is 2.94. The lowest BCUT2D eigenvalue weighted by molar-refractivity contribution is 0.178. The summed E-state index contributed by atoms with van der Waals surface area (Å²) in [6.07, 6.45) is 10.3. The lowest BCUT2D eigenvalue weighted by atomic mass is 9.93. The fraction of sp³-hybridized carbons (Fsp3) is 0.933. The molecule has 3 heteroatoms. The van der Waals surface area contributed by atoms with Gasteiger partial charge >= 0.3 is 0 Å². The molecule has 0 spiro atoms. The minimum atomic E-state index is -0.329. The van der Waals surface area contributed by atoms with Crippen LogP contribution < -0.4 is 5.32 Å². The third-order valence-corrected chi connectivity index (χ3v) is 4.51. The first-order chi connectivity index (χ1) is 8.63. The van der Waals surface area contributed by atoms with Crippen molar-refractivity contribution in [3.63, 3.8) is 0 Å². The largest absolute Gasteiger partial charge is 0.303 e. The van der Waals surface area contributed by atoms with E-state index in [1.165, 1.54) is 44.9 Å². The fourth-order valence-electron chi connectivity index (χ4n) is 2.94. The molecule has 3 nitrogen and oxygen atoms in total. The topological polar surface area (TPSA) is 39.1 Å². The molecule has 2 rings (SSSR count). The molecule has 2 aliphatic carbocycles. The van der Waals surface area contributed by atoms with Gasteiger partial charge in [0.1, 0.15) is 5.54 Å². The molecule has 2 aliphatic rings. The van der Waals surface area contributed by atoms with Crippen molar-refractivity contribution in [2.75, 3.05) is 13.6 Å². The second kappa shape index (κ2) is 6.04. The van der Waals surface area contributed by atoms with Crippen LogP contribution in [0.5, 0.6) is 0 Å². The first-order valence-electron chi connectivity index (χ1n) is 7.52. The zero-order valence-corrected chi connectivity index (χ0v) is 11.9. The Morgan fingerprint density at radius 3 is 2.44 bits per heavy atom. The molecular weight excluding hydrogens is 222 g/mol. The third kappa shape index (κ3) is 3.96. The van der Waals surface area contributed by atoms with E-state index in [0.29, 0.717) is 6.04 Å². The average molecular weight is 249 g/mol. The predicted octanol–water partition coefficient (Wildman–Crippen LogP) is 2.68. The Balaban J connectivity index is 1.75. The molecule has 0 aromatic carbocycles. The molecule has 102 valence electrons. The molecule has 2 saturated carbocycles. The molecule has 0 radical (unpaired) electrons. The van der Waals surface area contributed by atoms with Gasteiger partial charge in [-0.2, -0.15) is 5.26 Å². The minimum absolute atomic E-state index is 0.329. The minimum Gasteiger partial charge on any atom is -0.303 e. The van der Waals surface area contributed by atoms with Gasteiger partial charge in [0.25, 0.3) is 0 Å². The van der Waals surface area contributed by atoms with Crippen molar-refractivity contribution in [1.82, 2.24) is 10.2 Å². The van der Waals surface area contributed by atoms with Gasteiger partial charge in [-0.3, -0.25) is 5.32 Å². The highest BCUT2D eigenvalue weighted by molar-refractivity contribution is 5.07. The highest BCUT2D eigenvalue weighted by Gasteiger charge is 2.32. The van der Waals surface area contributed by atoms with Gasteiger partial charge in [-0.1, -0.05) is 19.3 Å². The highest BCUT2D eigenvalue weighted by Crippen LogP contribution is 2.25. The van der Waals surface area contributed by atoms with E-state index in [4.69, 9.17) is 0 Å². The molecule has 1 N–H and O–H groups in total. The molecule has 0 aliphatic heterocycles. The van der Waals surface area contributed by atoms with Crippen LogP contribution in [0.3, 0.4) is 0 Å². The predicted molar refractivity (Wildman–Crippen MR) is 74.3 cm³/mol. The molecule has 0 saturated heterocycles. The summed E-state index contributed by atoms with van der Waals surface area (Å²) in [4.78, 5) is 2.48. The van der Waals surface area contributed by atoms with Gasteiger partial charge < -0.3 is 4.90 Å². The van der Waals surface area contributed by atoms with E-state index in [9.17, 15) is 5.26 Å². The second-order valence-electron chi connectivity index (χ2n) is 6.38. The zero-order valence-electron chi connectivity index (χ0n) is 11.9. The molecular formula is C15H27N3. The standard InChI is InChI=1S/C15H27N3/c1-15(12-16,17-13-8-9-13)10-11-18(2)14-6-4-3-5-7-14/h13-14,17H,3-11H2,1-2H3. The van der Waals surface area contributed by atoms with Crippen LogP contribution in [0.25, 0.3) is 0 Å². The van der Waals surface area contributed by atoms with Crippen LogP contribution in [0, 0.1) is 11.3 Å². The monoisotopic (exact) mass is 249 g/mol. The first-order valence-corrected chi connectivity index (χ1v) is 7.52. The van der Waals surface area contributed by atoms with E-state index < -0.39 is 0 Å². The maximum Gasteiger partial charge on any atom is 0.105 e. The molecule has 0 heterocycles. The SMILES string of the molecule is CN(CCC(C)(C#N)NC1CC1)C1CCCCC1. The van der Waals surface area contributed by atoms with E-state index >= 15 is 0 Å². The van der Waals surface area contributed by atoms with Gasteiger partial charge in [-0.25, -0.2) is 0 Å². The summed E-state index contributed by atoms with van der Waals surface area (Å²) in [6, 6.07) is 3.83. The van der Waals surface area contributed by atoms with Crippen LogP contribution in [0.2, 0.25) is 0 Å². The van der Waals surface area contributed by atoms with Gasteiger partial charge in [-0.15, -0.1) is 0 Å². The molecule has 0 bridgehead atoms. The molecule has 0 aromatic heterocycles. The number of rotatable bonds is 6. The van der Waals surface area contributed by atoms with Crippen molar-refractivity contribution in [1.29, 1.82) is 5.26 Å². The molecule has 18 heavy (non-hydrogen) atoms. The zero-order chi connectivity index (χ0) is 13.0. The molecule has 0 amide bonds. The van der Waals surface area contributed by atoms with Crippen LogP contribution in [0.4, 0.5) is 0 Å². The Morgan fingerprint density at radius 1 is 1.22 bits per heavy atom. The van der Waals surface area contributed by atoms with Crippen molar-refractivity contribution in [3.05, 3.63) is 0 Å². The molecule has 0 aromatic rings. The Morgan fingerprint density at radius 2 is 1.89 bits per heavy atom. The van der Waals surface area contributed by atoms with Gasteiger partial charge in [0, 0.05) is 18.6 Å². The Labute approximate surface area is 112 Å². The van der Waals surface area contributed by atoms with E-state index in [1.807, 2.05) is 0 Å². The van der Waals surface area contributed by atoms with E-state index in [1.54, 1.807) is 0 Å². The van der Waals surface area contributed by atoms with Gasteiger partial charge in [0.05, 0.1) is 6.07 Å². The van der Waals surface area contributed by atoms with Crippen molar-refractivity contribution >= 4 is 0 Å². The number of nitrogens with one attached hydrogen (secondary N) is 1. The maximum absolute atomic E-state index is 9.35. The quantitative estimate of drug-likeness (QED) is 0.786. The number of hydrogen-bond donors (Lipinski definition) is 1. The number of nitriles is 1. The lowest BCUT2D eigenvalue weighted by Gasteiger charge is -2.33. The summed E-state index contributed by atoms with van der Waals surface area (Å²) in [5.74, 6) is 0. The van der Waals surface area contributed by atoms with Crippen molar-refractivity contribution < 1.29 is 0 Å². The summed E-state index contributed by atoms with van der Waals surface area (Å²) >= 11 is 0. The Bertz CT molecular complexity index is 299. The van der Waals surface area contributed by atoms with Crippen LogP contribution in [-0.4, -0.2) is 36.1 Å². The third-order valence-electron chi connectivity index (χ3n) is 4.51. The smallest absolute Gasteiger partial charge is 0.105 e. The summed E-state index contributed by atoms with van der Waals surface area (Å²) < 4.78 is 0. The highest BCUT2D eigenvalue weighted by atomic mass is 15.1.